The summed E-state index contributed by atoms with van der Waals surface area (Å²) in [6.07, 6.45) is 5.76. The molecular weight excluding hydrogens is 288 g/mol. The molecule has 1 heterocycles. The molecule has 0 spiro atoms. The van der Waals surface area contributed by atoms with Crippen molar-refractivity contribution in [1.29, 1.82) is 5.26 Å². The summed E-state index contributed by atoms with van der Waals surface area (Å²) in [6.45, 7) is 6.95. The highest BCUT2D eigenvalue weighted by Crippen LogP contribution is 2.35. The summed E-state index contributed by atoms with van der Waals surface area (Å²) in [5, 5.41) is 19.9. The monoisotopic (exact) mass is 312 g/mol. The number of nitrogens with zero attached hydrogens (tertiary/aromatic N) is 2. The molecule has 23 heavy (non-hydrogen) atoms. The van der Waals surface area contributed by atoms with Crippen molar-refractivity contribution < 1.29 is 9.84 Å². The van der Waals surface area contributed by atoms with Gasteiger partial charge in [-0.25, -0.2) is 0 Å². The highest BCUT2D eigenvalue weighted by atomic mass is 16.6. The zero-order chi connectivity index (χ0) is 17.1. The summed E-state index contributed by atoms with van der Waals surface area (Å²) < 4.78 is 5.59. The van der Waals surface area contributed by atoms with Crippen LogP contribution in [0.1, 0.15) is 44.7 Å². The van der Waals surface area contributed by atoms with Crippen molar-refractivity contribution in [3.63, 3.8) is 0 Å². The van der Waals surface area contributed by atoms with Crippen LogP contribution in [0.15, 0.2) is 24.3 Å². The van der Waals surface area contributed by atoms with E-state index in [2.05, 4.69) is 12.0 Å². The summed E-state index contributed by atoms with van der Waals surface area (Å²) >= 11 is 0. The van der Waals surface area contributed by atoms with Gasteiger partial charge >= 0.3 is 0 Å². The molecule has 0 bridgehead atoms. The fourth-order valence-electron chi connectivity index (χ4n) is 2.87. The van der Waals surface area contributed by atoms with Gasteiger partial charge in [-0.2, -0.15) is 5.26 Å². The van der Waals surface area contributed by atoms with Crippen LogP contribution in [0.3, 0.4) is 0 Å². The molecule has 1 aliphatic rings. The maximum atomic E-state index is 10.2. The van der Waals surface area contributed by atoms with E-state index in [0.29, 0.717) is 25.9 Å². The molecule has 1 aromatic rings. The molecule has 1 aromatic carbocycles. The van der Waals surface area contributed by atoms with Crippen molar-refractivity contribution in [3.05, 3.63) is 35.4 Å². The smallest absolute Gasteiger partial charge is 0.216 e. The highest BCUT2D eigenvalue weighted by Gasteiger charge is 2.38. The van der Waals surface area contributed by atoms with Crippen LogP contribution < -0.4 is 0 Å². The lowest BCUT2D eigenvalue weighted by atomic mass is 9.74. The molecule has 0 amide bonds. The average molecular weight is 312 g/mol. The Morgan fingerprint density at radius 1 is 1.26 bits per heavy atom. The minimum atomic E-state index is -0.935. The Hall–Kier alpha value is -1.85. The molecule has 2 rings (SSSR count). The van der Waals surface area contributed by atoms with E-state index in [1.165, 1.54) is 0 Å². The summed E-state index contributed by atoms with van der Waals surface area (Å²) in [7, 11) is 0. The van der Waals surface area contributed by atoms with E-state index in [1.807, 2.05) is 49.9 Å². The molecule has 4 nitrogen and oxygen atoms in total. The van der Waals surface area contributed by atoms with Gasteiger partial charge in [0, 0.05) is 18.7 Å². The third-order valence-electron chi connectivity index (χ3n) is 4.24. The quantitative estimate of drug-likeness (QED) is 0.688. The number of ether oxygens (including phenoxy) is 1. The first-order valence-corrected chi connectivity index (χ1v) is 7.88. The van der Waals surface area contributed by atoms with Crippen LogP contribution in [0.4, 0.5) is 0 Å². The number of aliphatic hydroxyl groups excluding tert-OH is 1. The van der Waals surface area contributed by atoms with Crippen molar-refractivity contribution in [3.8, 4) is 18.4 Å². The van der Waals surface area contributed by atoms with E-state index in [4.69, 9.17) is 11.2 Å². The van der Waals surface area contributed by atoms with Crippen LogP contribution in [-0.2, 0) is 10.2 Å². The highest BCUT2D eigenvalue weighted by molar-refractivity contribution is 5.40. The lowest BCUT2D eigenvalue weighted by Gasteiger charge is -2.40. The second kappa shape index (κ2) is 6.72. The van der Waals surface area contributed by atoms with Crippen LogP contribution >= 0.6 is 0 Å². The largest absolute Gasteiger partial charge is 0.356 e. The Kier molecular flexibility index (Phi) is 5.12. The van der Waals surface area contributed by atoms with Crippen molar-refractivity contribution in [2.75, 3.05) is 13.1 Å². The number of aliphatic hydroxyl groups is 1. The van der Waals surface area contributed by atoms with Crippen LogP contribution in [0.5, 0.6) is 0 Å². The van der Waals surface area contributed by atoms with E-state index in [-0.39, 0.29) is 0 Å². The van der Waals surface area contributed by atoms with Gasteiger partial charge in [0.15, 0.2) is 0 Å². The van der Waals surface area contributed by atoms with Crippen LogP contribution in [0.25, 0.3) is 0 Å². The van der Waals surface area contributed by atoms with Gasteiger partial charge in [0.05, 0.1) is 17.1 Å². The second-order valence-corrected chi connectivity index (χ2v) is 7.01. The molecule has 0 aromatic heterocycles. The van der Waals surface area contributed by atoms with Crippen LogP contribution in [0.2, 0.25) is 0 Å². The Morgan fingerprint density at radius 3 is 2.26 bits per heavy atom. The third kappa shape index (κ3) is 4.12. The van der Waals surface area contributed by atoms with Gasteiger partial charge in [0.1, 0.15) is 0 Å². The van der Waals surface area contributed by atoms with Crippen LogP contribution in [0, 0.1) is 23.7 Å². The van der Waals surface area contributed by atoms with Crippen molar-refractivity contribution in [2.45, 2.75) is 51.0 Å². The molecule has 1 aliphatic heterocycles. The zero-order valence-electron chi connectivity index (χ0n) is 14.0. The van der Waals surface area contributed by atoms with Crippen molar-refractivity contribution in [1.82, 2.24) is 4.90 Å². The Morgan fingerprint density at radius 2 is 1.83 bits per heavy atom. The Bertz CT molecular complexity index is 609. The van der Waals surface area contributed by atoms with E-state index in [9.17, 15) is 10.4 Å². The first-order chi connectivity index (χ1) is 10.8. The van der Waals surface area contributed by atoms with E-state index in [1.54, 1.807) is 0 Å². The number of terminal acetylenes is 1. The molecule has 1 N–H and O–H groups in total. The van der Waals surface area contributed by atoms with Gasteiger partial charge in [-0.05, 0) is 51.3 Å². The van der Waals surface area contributed by atoms with Crippen molar-refractivity contribution >= 4 is 0 Å². The molecular formula is C19H24N2O2. The number of nitriles is 1. The van der Waals surface area contributed by atoms with Gasteiger partial charge in [0.2, 0.25) is 6.41 Å². The number of hydrogen-bond donors (Lipinski definition) is 1. The standard InChI is InChI=1S/C19H24N2O2/c1-5-15-6-8-16(9-7-15)19(14-20)10-12-21(13-11-19)17(22)23-18(2,3)4/h1,6-9,17,22H,10-13H2,2-4H3. The Labute approximate surface area is 138 Å². The van der Waals surface area contributed by atoms with E-state index >= 15 is 0 Å². The average Bonchev–Trinajstić information content (AvgIpc) is 2.53. The van der Waals surface area contributed by atoms with E-state index in [0.717, 1.165) is 11.1 Å². The van der Waals surface area contributed by atoms with Crippen LogP contribution in [-0.4, -0.2) is 35.1 Å². The maximum Gasteiger partial charge on any atom is 0.216 e. The molecule has 1 atom stereocenters. The second-order valence-electron chi connectivity index (χ2n) is 7.01. The van der Waals surface area contributed by atoms with Crippen molar-refractivity contribution in [2.24, 2.45) is 0 Å². The Balaban J connectivity index is 2.08. The lowest BCUT2D eigenvalue weighted by molar-refractivity contribution is -0.243. The SMILES string of the molecule is C#Cc1ccc(C2(C#N)CCN(C(O)OC(C)(C)C)CC2)cc1. The molecule has 122 valence electrons. The molecule has 0 aliphatic carbocycles. The third-order valence-corrected chi connectivity index (χ3v) is 4.24. The summed E-state index contributed by atoms with van der Waals surface area (Å²) in [5.74, 6) is 2.59. The summed E-state index contributed by atoms with van der Waals surface area (Å²) in [6, 6.07) is 10.1. The predicted octanol–water partition coefficient (Wildman–Crippen LogP) is 2.62. The van der Waals surface area contributed by atoms with E-state index < -0.39 is 17.4 Å². The summed E-state index contributed by atoms with van der Waals surface area (Å²) in [5.41, 5.74) is 0.873. The maximum absolute atomic E-state index is 10.2. The molecule has 0 saturated carbocycles. The molecule has 0 radical (unpaired) electrons. The van der Waals surface area contributed by atoms with Gasteiger partial charge in [-0.15, -0.1) is 6.42 Å². The van der Waals surface area contributed by atoms with Gasteiger partial charge < -0.3 is 9.84 Å². The summed E-state index contributed by atoms with van der Waals surface area (Å²) in [4.78, 5) is 1.87. The van der Waals surface area contributed by atoms with Gasteiger partial charge in [-0.3, -0.25) is 4.90 Å². The fourth-order valence-corrected chi connectivity index (χ4v) is 2.87. The first-order valence-electron chi connectivity index (χ1n) is 7.88. The zero-order valence-corrected chi connectivity index (χ0v) is 14.0. The van der Waals surface area contributed by atoms with Gasteiger partial charge in [-0.1, -0.05) is 18.1 Å². The number of likely N-dealkylation sites (tertiary alicyclic amines) is 1. The lowest BCUT2D eigenvalue weighted by Crippen LogP contribution is -2.49. The number of piperidine rings is 1. The molecule has 1 unspecified atom stereocenters. The molecule has 1 saturated heterocycles. The minimum Gasteiger partial charge on any atom is -0.356 e. The number of hydrogen-bond acceptors (Lipinski definition) is 4. The first kappa shape index (κ1) is 17.5. The number of rotatable bonds is 3. The minimum absolute atomic E-state index is 0.408. The normalized spacial score (nSPS) is 19.6. The topological polar surface area (TPSA) is 56.5 Å². The molecule has 4 heteroatoms. The molecule has 1 fully saturated rings. The fraction of sp³-hybridized carbons (Fsp3) is 0.526. The predicted molar refractivity (Wildman–Crippen MR) is 89.3 cm³/mol. The number of benzene rings is 1. The van der Waals surface area contributed by atoms with Gasteiger partial charge in [0.25, 0.3) is 0 Å².